The summed E-state index contributed by atoms with van der Waals surface area (Å²) in [5.41, 5.74) is 1.93. The highest BCUT2D eigenvalue weighted by Crippen LogP contribution is 2.44. The van der Waals surface area contributed by atoms with Gasteiger partial charge in [-0.1, -0.05) is 42.5 Å². The molecule has 3 aliphatic heterocycles. The van der Waals surface area contributed by atoms with Crippen LogP contribution in [0.3, 0.4) is 0 Å². The molecule has 3 amide bonds. The van der Waals surface area contributed by atoms with E-state index in [2.05, 4.69) is 30.9 Å². The number of anilines is 3. The van der Waals surface area contributed by atoms with Crippen molar-refractivity contribution < 1.29 is 90.3 Å². The van der Waals surface area contributed by atoms with Gasteiger partial charge in [0.15, 0.2) is 18.3 Å². The summed E-state index contributed by atoms with van der Waals surface area (Å²) < 4.78 is 107. The quantitative estimate of drug-likeness (QED) is 0.0750. The van der Waals surface area contributed by atoms with Gasteiger partial charge in [0.1, 0.15) is 41.5 Å². The van der Waals surface area contributed by atoms with Crippen LogP contribution in [0.5, 0.6) is 5.75 Å². The second-order valence-electron chi connectivity index (χ2n) is 21.5. The summed E-state index contributed by atoms with van der Waals surface area (Å²) in [6.07, 6.45) is -10.7. The average Bonchev–Trinajstić information content (AvgIpc) is 1.63. The monoisotopic (exact) mass is 1260 g/mol. The van der Waals surface area contributed by atoms with Crippen molar-refractivity contribution in [2.45, 2.75) is 105 Å². The van der Waals surface area contributed by atoms with E-state index in [-0.39, 0.29) is 29.3 Å². The number of aryl methyl sites for hydroxylation is 2. The fourth-order valence-corrected chi connectivity index (χ4v) is 10.9. The number of nitrogens with one attached hydrogen (secondary N) is 3. The number of aliphatic hydroxyl groups is 6. The second-order valence-corrected chi connectivity index (χ2v) is 21.5. The zero-order valence-corrected chi connectivity index (χ0v) is 47.1. The van der Waals surface area contributed by atoms with Gasteiger partial charge >= 0.3 is 34.8 Å². The van der Waals surface area contributed by atoms with Crippen molar-refractivity contribution in [3.8, 4) is 5.75 Å². The summed E-state index contributed by atoms with van der Waals surface area (Å²) in [7, 11) is 1.55. The molecule has 0 radical (unpaired) electrons. The van der Waals surface area contributed by atoms with Crippen molar-refractivity contribution in [1.82, 2.24) is 28.7 Å². The molecule has 3 unspecified atom stereocenters. The van der Waals surface area contributed by atoms with E-state index < -0.39 is 122 Å². The molecule has 0 saturated carbocycles. The van der Waals surface area contributed by atoms with Crippen molar-refractivity contribution >= 4 is 45.9 Å². The zero-order valence-electron chi connectivity index (χ0n) is 47.1. The summed E-state index contributed by atoms with van der Waals surface area (Å²) >= 11 is 0. The Labute approximate surface area is 503 Å². The van der Waals surface area contributed by atoms with E-state index in [1.54, 1.807) is 49.6 Å². The van der Waals surface area contributed by atoms with Crippen molar-refractivity contribution in [2.75, 3.05) is 42.9 Å². The third-order valence-corrected chi connectivity index (χ3v) is 15.8. The summed E-state index contributed by atoms with van der Waals surface area (Å²) in [5.74, 6) is -12.7. The lowest BCUT2D eigenvalue weighted by molar-refractivity contribution is -0.141. The van der Waals surface area contributed by atoms with E-state index in [1.807, 2.05) is 36.4 Å². The van der Waals surface area contributed by atoms with E-state index in [9.17, 15) is 70.4 Å². The Hall–Kier alpha value is -8.79. The highest BCUT2D eigenvalue weighted by Gasteiger charge is 2.61. The molecule has 9 atom stereocenters. The first kappa shape index (κ1) is 64.2. The summed E-state index contributed by atoms with van der Waals surface area (Å²) in [5, 5.41) is 65.1. The Bertz CT molecular complexity index is 4020. The van der Waals surface area contributed by atoms with Crippen LogP contribution in [0, 0.1) is 5.92 Å². The standard InChI is InChI=1S/C21H19F2N3O6.2C19H19F2N3O5/c1-31-14-5-4-11-8-13(3-2-12(11)9-14)18(29)24-16-6-7-26(20(30)25-16)19-21(22,23)17(28)15(10-27)32-19;20-19(21)15(26)13(9-25)29-17(19)24-7-6-14(23-18(24)28)22-16(27)12-5-4-10-2-1-3-11(10)8-12;20-19(21)15(26)13(9-25)29-17(19)24-6-5-14(23-18(24)28)22-16(27)12-7-10-3-1-2-4-11(10)8-12/h2-9,15,17,19,27-28H,10H2,1H3,(H,24,25,29,30);4-8,13,15,17,25-26H,1-3,9H2,(H,22,23,27,28);1-6,12-13,15,17,25-26H,7-9H2,(H,22,23,27,28)/t15-,17-,19?;2*13-,15-,17?/m111/s1. The number of hydrogen-bond donors (Lipinski definition) is 9. The molecule has 0 bridgehead atoms. The summed E-state index contributed by atoms with van der Waals surface area (Å²) in [6, 6.07) is 27.0. The van der Waals surface area contributed by atoms with Crippen LogP contribution in [0.1, 0.15) is 68.1 Å². The first-order valence-corrected chi connectivity index (χ1v) is 27.8. The molecule has 3 aromatic heterocycles. The predicted octanol–water partition coefficient (Wildman–Crippen LogP) is 2.90. The molecule has 2 aliphatic carbocycles. The largest absolute Gasteiger partial charge is 0.497 e. The Balaban J connectivity index is 0.000000149. The summed E-state index contributed by atoms with van der Waals surface area (Å²) in [6.45, 7) is -2.50. The Morgan fingerprint density at radius 3 is 1.36 bits per heavy atom. The van der Waals surface area contributed by atoms with E-state index in [0.29, 0.717) is 43.4 Å². The predicted molar refractivity (Wildman–Crippen MR) is 302 cm³/mol. The lowest BCUT2D eigenvalue weighted by atomic mass is 10.1. The molecule has 7 aromatic rings. The maximum Gasteiger partial charge on any atom is 0.351 e. The summed E-state index contributed by atoms with van der Waals surface area (Å²) in [4.78, 5) is 85.1. The van der Waals surface area contributed by atoms with Gasteiger partial charge in [-0.05, 0) is 120 Å². The molecule has 6 heterocycles. The van der Waals surface area contributed by atoms with Gasteiger partial charge < -0.3 is 65.5 Å². The minimum absolute atomic E-state index is 0.0622. The van der Waals surface area contributed by atoms with Gasteiger partial charge in [0.05, 0.1) is 26.9 Å². The fraction of sp³-hybridized carbons (Fsp3) is 0.373. The van der Waals surface area contributed by atoms with E-state index in [1.165, 1.54) is 17.7 Å². The maximum atomic E-state index is 14.3. The number of aromatic nitrogens is 6. The molecule has 90 heavy (non-hydrogen) atoms. The average molecular weight is 1260 g/mol. The van der Waals surface area contributed by atoms with Gasteiger partial charge in [-0.25, -0.2) is 14.4 Å². The number of hydrogen-bond acceptors (Lipinski definition) is 19. The molecule has 476 valence electrons. The molecular weight excluding hydrogens is 1200 g/mol. The van der Waals surface area contributed by atoms with Crippen molar-refractivity contribution in [2.24, 2.45) is 5.92 Å². The van der Waals surface area contributed by atoms with Gasteiger partial charge in [0.25, 0.3) is 11.8 Å². The van der Waals surface area contributed by atoms with Crippen molar-refractivity contribution in [3.63, 3.8) is 0 Å². The molecule has 5 aliphatic rings. The molecule has 25 nitrogen and oxygen atoms in total. The van der Waals surface area contributed by atoms with Crippen LogP contribution in [0.4, 0.5) is 43.8 Å². The number of ether oxygens (including phenoxy) is 4. The number of fused-ring (bicyclic) bond motifs is 3. The lowest BCUT2D eigenvalue weighted by Gasteiger charge is -2.21. The number of benzene rings is 4. The van der Waals surface area contributed by atoms with Crippen LogP contribution >= 0.6 is 0 Å². The molecule has 3 saturated heterocycles. The number of carbonyl (C=O) groups excluding carboxylic acids is 3. The van der Waals surface area contributed by atoms with E-state index in [0.717, 1.165) is 71.4 Å². The van der Waals surface area contributed by atoms with E-state index >= 15 is 0 Å². The number of halogens is 6. The van der Waals surface area contributed by atoms with Crippen LogP contribution in [0.15, 0.2) is 130 Å². The number of rotatable bonds is 13. The lowest BCUT2D eigenvalue weighted by Crippen LogP contribution is -2.41. The first-order valence-electron chi connectivity index (χ1n) is 27.8. The fourth-order valence-electron chi connectivity index (χ4n) is 10.9. The highest BCUT2D eigenvalue weighted by atomic mass is 19.3. The maximum absolute atomic E-state index is 14.3. The molecule has 12 rings (SSSR count). The molecule has 31 heteroatoms. The van der Waals surface area contributed by atoms with Crippen molar-refractivity contribution in [1.29, 1.82) is 0 Å². The van der Waals surface area contributed by atoms with Crippen LogP contribution < -0.4 is 37.8 Å². The zero-order chi connectivity index (χ0) is 64.6. The second kappa shape index (κ2) is 26.0. The number of amides is 3. The van der Waals surface area contributed by atoms with Crippen molar-refractivity contribution in [3.05, 3.63) is 180 Å². The number of methoxy groups -OCH3 is 1. The molecule has 3 fully saturated rings. The first-order chi connectivity index (χ1) is 42.9. The van der Waals surface area contributed by atoms with Crippen LogP contribution in [0.25, 0.3) is 10.8 Å². The van der Waals surface area contributed by atoms with Crippen LogP contribution in [0.2, 0.25) is 0 Å². The van der Waals surface area contributed by atoms with Crippen LogP contribution in [-0.4, -0.2) is 158 Å². The van der Waals surface area contributed by atoms with Gasteiger partial charge in [-0.2, -0.15) is 41.3 Å². The Kier molecular flexibility index (Phi) is 18.5. The SMILES string of the molecule is COc1ccc2cc(C(=O)Nc3ccn(C4O[C@H](CO)[C@@H](O)C4(F)F)c(=O)n3)ccc2c1.O=C(Nc1ccn(C2O[C@H](CO)[C@@H](O)C2(F)F)c(=O)n1)C1Cc2ccccc2C1.O=C(Nc1ccn(C2O[C@H](CO)[C@@H](O)C2(F)F)c(=O)n1)c1ccc2c(c1)CCC2. The van der Waals surface area contributed by atoms with Gasteiger partial charge in [-0.3, -0.25) is 28.1 Å². The molecule has 4 aromatic carbocycles. The normalized spacial score (nSPS) is 24.2. The number of carbonyl (C=O) groups is 3. The molecular formula is C59H57F6N9O16. The Morgan fingerprint density at radius 2 is 0.933 bits per heavy atom. The topological polar surface area (TPSA) is 350 Å². The number of alkyl halides is 6. The van der Waals surface area contributed by atoms with Gasteiger partial charge in [0, 0.05) is 35.6 Å². The van der Waals surface area contributed by atoms with Crippen LogP contribution in [-0.2, 0) is 44.7 Å². The smallest absolute Gasteiger partial charge is 0.351 e. The number of nitrogens with zero attached hydrogens (tertiary/aromatic N) is 6. The third kappa shape index (κ3) is 12.8. The van der Waals surface area contributed by atoms with Gasteiger partial charge in [-0.15, -0.1) is 0 Å². The molecule has 9 N–H and O–H groups in total. The third-order valence-electron chi connectivity index (χ3n) is 15.8. The number of aliphatic hydroxyl groups excluding tert-OH is 6. The minimum atomic E-state index is -3.82. The molecule has 0 spiro atoms. The van der Waals surface area contributed by atoms with E-state index in [4.69, 9.17) is 34.3 Å². The van der Waals surface area contributed by atoms with Gasteiger partial charge in [0.2, 0.25) is 24.6 Å². The Morgan fingerprint density at radius 1 is 0.533 bits per heavy atom. The minimum Gasteiger partial charge on any atom is -0.497 e. The highest BCUT2D eigenvalue weighted by molar-refractivity contribution is 6.06.